The van der Waals surface area contributed by atoms with Crippen molar-refractivity contribution in [3.63, 3.8) is 0 Å². The Hall–Kier alpha value is -1.52. The molecule has 0 bridgehead atoms. The second-order valence-electron chi connectivity index (χ2n) is 7.52. The minimum Gasteiger partial charge on any atom is -0.493 e. The van der Waals surface area contributed by atoms with E-state index in [1.54, 1.807) is 0 Å². The maximum absolute atomic E-state index is 6.09. The molecule has 3 nitrogen and oxygen atoms in total. The van der Waals surface area contributed by atoms with E-state index in [2.05, 4.69) is 71.3 Å². The molecule has 0 aliphatic carbocycles. The van der Waals surface area contributed by atoms with E-state index < -0.39 is 0 Å². The van der Waals surface area contributed by atoms with Crippen LogP contribution in [0.3, 0.4) is 0 Å². The number of benzene rings is 2. The summed E-state index contributed by atoms with van der Waals surface area (Å²) in [5.41, 5.74) is 2.34. The van der Waals surface area contributed by atoms with Crippen molar-refractivity contribution >= 4 is 37.0 Å². The van der Waals surface area contributed by atoms with Gasteiger partial charge >= 0.3 is 0 Å². The zero-order chi connectivity index (χ0) is 19.4. The number of para-hydroxylation sites is 1. The molecule has 0 aromatic heterocycles. The molecule has 2 aromatic rings. The van der Waals surface area contributed by atoms with Crippen molar-refractivity contribution in [1.29, 1.82) is 0 Å². The molecule has 0 atom stereocenters. The topological polar surface area (TPSA) is 15.7 Å². The van der Waals surface area contributed by atoms with Crippen LogP contribution in [-0.2, 0) is 0 Å². The first-order chi connectivity index (χ1) is 13.8. The quantitative estimate of drug-likeness (QED) is 0.331. The van der Waals surface area contributed by atoms with E-state index in [9.17, 15) is 0 Å². The van der Waals surface area contributed by atoms with Crippen LogP contribution in [0.1, 0.15) is 37.3 Å². The minimum absolute atomic E-state index is 0. The van der Waals surface area contributed by atoms with E-state index in [-0.39, 0.29) is 24.8 Å². The number of halogens is 2. The second kappa shape index (κ2) is 15.3. The summed E-state index contributed by atoms with van der Waals surface area (Å²) in [6.45, 7) is 10.4. The lowest BCUT2D eigenvalue weighted by molar-refractivity contribution is 0.129. The molecule has 3 rings (SSSR count). The van der Waals surface area contributed by atoms with Gasteiger partial charge in [-0.2, -0.15) is 0 Å². The molecule has 0 unspecified atom stereocenters. The summed E-state index contributed by atoms with van der Waals surface area (Å²) < 4.78 is 6.09. The zero-order valence-corrected chi connectivity index (χ0v) is 19.7. The van der Waals surface area contributed by atoms with Crippen LogP contribution >= 0.6 is 24.8 Å². The van der Waals surface area contributed by atoms with E-state index >= 15 is 0 Å². The molecule has 0 N–H and O–H groups in total. The molecule has 1 heterocycles. The van der Waals surface area contributed by atoms with Gasteiger partial charge < -0.3 is 14.5 Å². The van der Waals surface area contributed by atoms with Crippen molar-refractivity contribution in [1.82, 2.24) is 9.80 Å². The highest BCUT2D eigenvalue weighted by Crippen LogP contribution is 2.21. The molecule has 0 radical (unpaired) electrons. The molecule has 5 heteroatoms. The Balaban J connectivity index is 0.00000225. The molecule has 1 fully saturated rings. The lowest BCUT2D eigenvalue weighted by atomic mass is 10.1. The number of hydrogen-bond donors (Lipinski definition) is 0. The van der Waals surface area contributed by atoms with Crippen LogP contribution in [0.15, 0.2) is 54.6 Å². The second-order valence-corrected chi connectivity index (χ2v) is 7.52. The van der Waals surface area contributed by atoms with Gasteiger partial charge in [-0.15, -0.1) is 24.8 Å². The molecule has 2 aromatic carbocycles. The Morgan fingerprint density at radius 1 is 0.767 bits per heavy atom. The fourth-order valence-corrected chi connectivity index (χ4v) is 3.67. The highest BCUT2D eigenvalue weighted by atomic mass is 35.5. The molecule has 166 valence electrons. The van der Waals surface area contributed by atoms with E-state index in [4.69, 9.17) is 4.74 Å². The summed E-state index contributed by atoms with van der Waals surface area (Å²) in [5, 5.41) is 0. The number of unbranched alkanes of at least 4 members (excludes halogenated alkanes) is 1. The third-order valence-electron chi connectivity index (χ3n) is 5.30. The Kier molecular flexibility index (Phi) is 13.5. The summed E-state index contributed by atoms with van der Waals surface area (Å²) >= 11 is 0. The maximum atomic E-state index is 6.09. The lowest BCUT2D eigenvalue weighted by Gasteiger charge is -2.34. The van der Waals surface area contributed by atoms with E-state index in [0.717, 1.165) is 24.3 Å². The van der Waals surface area contributed by atoms with Crippen LogP contribution in [0.25, 0.3) is 12.2 Å². The number of ether oxygens (including phenoxy) is 1. The molecule has 0 amide bonds. The standard InChI is InChI=1S/C25H34N2O.2ClH/c1-2-16-26-18-20-27(21-19-26)17-8-9-22-28-25-13-7-6-12-24(25)15-14-23-10-4-3-5-11-23;;/h3-7,10-15H,2,8-9,16-22H2,1H3;2*1H/b15-14+;;. The van der Waals surface area contributed by atoms with Crippen molar-refractivity contribution in [2.75, 3.05) is 45.9 Å². The molecule has 0 saturated carbocycles. The SMILES string of the molecule is CCCN1CCN(CCCCOc2ccccc2/C=C/c2ccccc2)CC1.Cl.Cl. The van der Waals surface area contributed by atoms with Crippen LogP contribution in [0.2, 0.25) is 0 Å². The largest absolute Gasteiger partial charge is 0.493 e. The van der Waals surface area contributed by atoms with Crippen molar-refractivity contribution in [3.8, 4) is 5.75 Å². The maximum Gasteiger partial charge on any atom is 0.126 e. The fourth-order valence-electron chi connectivity index (χ4n) is 3.67. The highest BCUT2D eigenvalue weighted by molar-refractivity contribution is 5.85. The van der Waals surface area contributed by atoms with E-state index in [1.807, 2.05) is 12.1 Å². The average Bonchev–Trinajstić information content (AvgIpc) is 2.75. The molecule has 1 aliphatic heterocycles. The van der Waals surface area contributed by atoms with Gasteiger partial charge in [0.05, 0.1) is 6.61 Å². The van der Waals surface area contributed by atoms with Gasteiger partial charge in [0.15, 0.2) is 0 Å². The van der Waals surface area contributed by atoms with Crippen LogP contribution in [-0.4, -0.2) is 55.7 Å². The number of nitrogens with zero attached hydrogens (tertiary/aromatic N) is 2. The summed E-state index contributed by atoms with van der Waals surface area (Å²) in [5.74, 6) is 0.975. The molecule has 0 spiro atoms. The normalized spacial score (nSPS) is 14.8. The Labute approximate surface area is 194 Å². The molecule has 30 heavy (non-hydrogen) atoms. The highest BCUT2D eigenvalue weighted by Gasteiger charge is 2.15. The van der Waals surface area contributed by atoms with Gasteiger partial charge in [0.25, 0.3) is 0 Å². The molecule has 1 saturated heterocycles. The average molecular weight is 451 g/mol. The number of hydrogen-bond acceptors (Lipinski definition) is 3. The summed E-state index contributed by atoms with van der Waals surface area (Å²) in [6, 6.07) is 18.7. The smallest absolute Gasteiger partial charge is 0.126 e. The predicted octanol–water partition coefficient (Wildman–Crippen LogP) is 5.89. The number of rotatable bonds is 10. The van der Waals surface area contributed by atoms with Gasteiger partial charge in [0, 0.05) is 31.7 Å². The van der Waals surface area contributed by atoms with Gasteiger partial charge in [-0.1, -0.05) is 67.6 Å². The van der Waals surface area contributed by atoms with Gasteiger partial charge in [-0.25, -0.2) is 0 Å². The Morgan fingerprint density at radius 3 is 2.10 bits per heavy atom. The van der Waals surface area contributed by atoms with Crippen LogP contribution in [0.5, 0.6) is 5.75 Å². The van der Waals surface area contributed by atoms with Crippen LogP contribution < -0.4 is 4.74 Å². The summed E-state index contributed by atoms with van der Waals surface area (Å²) in [4.78, 5) is 5.18. The zero-order valence-electron chi connectivity index (χ0n) is 18.0. The van der Waals surface area contributed by atoms with Gasteiger partial charge in [-0.05, 0) is 44.0 Å². The third kappa shape index (κ3) is 9.09. The summed E-state index contributed by atoms with van der Waals surface area (Å²) in [6.07, 6.45) is 7.85. The lowest BCUT2D eigenvalue weighted by Crippen LogP contribution is -2.46. The van der Waals surface area contributed by atoms with Crippen molar-refractivity contribution in [2.45, 2.75) is 26.2 Å². The third-order valence-corrected chi connectivity index (χ3v) is 5.30. The van der Waals surface area contributed by atoms with Gasteiger partial charge in [0.2, 0.25) is 0 Å². The Bertz CT molecular complexity index is 716. The van der Waals surface area contributed by atoms with Crippen molar-refractivity contribution in [3.05, 3.63) is 65.7 Å². The van der Waals surface area contributed by atoms with E-state index in [0.29, 0.717) is 0 Å². The van der Waals surface area contributed by atoms with Crippen molar-refractivity contribution in [2.24, 2.45) is 0 Å². The molecular formula is C25H36Cl2N2O. The summed E-state index contributed by atoms with van der Waals surface area (Å²) in [7, 11) is 0. The van der Waals surface area contributed by atoms with Crippen LogP contribution in [0, 0.1) is 0 Å². The van der Waals surface area contributed by atoms with Gasteiger partial charge in [-0.3, -0.25) is 0 Å². The molecular weight excluding hydrogens is 415 g/mol. The first kappa shape index (κ1) is 26.5. The Morgan fingerprint density at radius 2 is 1.40 bits per heavy atom. The fraction of sp³-hybridized carbons (Fsp3) is 0.440. The monoisotopic (exact) mass is 450 g/mol. The van der Waals surface area contributed by atoms with Crippen molar-refractivity contribution < 1.29 is 4.74 Å². The van der Waals surface area contributed by atoms with Crippen LogP contribution in [0.4, 0.5) is 0 Å². The van der Waals surface area contributed by atoms with Gasteiger partial charge in [0.1, 0.15) is 5.75 Å². The first-order valence-corrected chi connectivity index (χ1v) is 10.7. The predicted molar refractivity (Wildman–Crippen MR) is 134 cm³/mol. The first-order valence-electron chi connectivity index (χ1n) is 10.7. The van der Waals surface area contributed by atoms with E-state index in [1.165, 1.54) is 57.7 Å². The molecule has 1 aliphatic rings. The minimum atomic E-state index is 0. The number of piperazine rings is 1.